The highest BCUT2D eigenvalue weighted by molar-refractivity contribution is 5.76. The third-order valence-electron chi connectivity index (χ3n) is 3.90. The molecule has 0 heterocycles. The van der Waals surface area contributed by atoms with Gasteiger partial charge < -0.3 is 10.2 Å². The number of rotatable bonds is 4. The Bertz CT molecular complexity index is 382. The van der Waals surface area contributed by atoms with Crippen molar-refractivity contribution in [1.82, 2.24) is 0 Å². The number of hydrogen-bond acceptors (Lipinski definition) is 2. The minimum absolute atomic E-state index is 0.125. The van der Waals surface area contributed by atoms with Crippen LogP contribution in [0.4, 0.5) is 0 Å². The normalized spacial score (nSPS) is 20.3. The standard InChI is InChI=1S/C15H20O3/c16-14(12-9-5-2-6-10-12)13(15(17)18)11-7-3-1-4-8-11/h1,3-4,7-8,12-14,16H,2,5-6,9-10H2,(H,17,18)/t13-,14-/m0/s1. The predicted octanol–water partition coefficient (Wildman–Crippen LogP) is 2.80. The summed E-state index contributed by atoms with van der Waals surface area (Å²) in [5.74, 6) is -1.60. The van der Waals surface area contributed by atoms with E-state index >= 15 is 0 Å². The molecule has 0 aliphatic heterocycles. The molecule has 2 atom stereocenters. The lowest BCUT2D eigenvalue weighted by Gasteiger charge is -2.30. The van der Waals surface area contributed by atoms with Gasteiger partial charge in [-0.1, -0.05) is 49.6 Å². The van der Waals surface area contributed by atoms with Gasteiger partial charge in [-0.15, -0.1) is 0 Å². The van der Waals surface area contributed by atoms with Crippen LogP contribution in [0.1, 0.15) is 43.6 Å². The van der Waals surface area contributed by atoms with E-state index in [1.807, 2.05) is 18.2 Å². The Kier molecular flexibility index (Phi) is 4.37. The van der Waals surface area contributed by atoms with Crippen LogP contribution in [-0.2, 0) is 4.79 Å². The van der Waals surface area contributed by atoms with E-state index in [9.17, 15) is 15.0 Å². The van der Waals surface area contributed by atoms with E-state index in [0.29, 0.717) is 5.56 Å². The molecule has 1 aromatic rings. The topological polar surface area (TPSA) is 57.5 Å². The van der Waals surface area contributed by atoms with Crippen LogP contribution in [0.15, 0.2) is 30.3 Å². The summed E-state index contributed by atoms with van der Waals surface area (Å²) in [6.45, 7) is 0. The fraction of sp³-hybridized carbons (Fsp3) is 0.533. The molecule has 1 aliphatic carbocycles. The molecule has 0 unspecified atom stereocenters. The van der Waals surface area contributed by atoms with Gasteiger partial charge in [-0.05, 0) is 24.3 Å². The molecule has 0 bridgehead atoms. The third kappa shape index (κ3) is 2.91. The zero-order valence-corrected chi connectivity index (χ0v) is 10.5. The molecule has 2 N–H and O–H groups in total. The quantitative estimate of drug-likeness (QED) is 0.861. The average molecular weight is 248 g/mol. The maximum Gasteiger partial charge on any atom is 0.313 e. The van der Waals surface area contributed by atoms with Crippen molar-refractivity contribution in [3.63, 3.8) is 0 Å². The Morgan fingerprint density at radius 3 is 2.28 bits per heavy atom. The van der Waals surface area contributed by atoms with Gasteiger partial charge in [0, 0.05) is 0 Å². The summed E-state index contributed by atoms with van der Waals surface area (Å²) >= 11 is 0. The molecule has 1 fully saturated rings. The van der Waals surface area contributed by atoms with Gasteiger partial charge in [0.2, 0.25) is 0 Å². The lowest BCUT2D eigenvalue weighted by molar-refractivity contribution is -0.143. The Balaban J connectivity index is 2.17. The Labute approximate surface area is 107 Å². The molecule has 0 aromatic heterocycles. The van der Waals surface area contributed by atoms with Gasteiger partial charge in [0.05, 0.1) is 6.10 Å². The minimum Gasteiger partial charge on any atom is -0.481 e. The van der Waals surface area contributed by atoms with Crippen LogP contribution in [0.25, 0.3) is 0 Å². The zero-order valence-electron chi connectivity index (χ0n) is 10.5. The van der Waals surface area contributed by atoms with E-state index in [0.717, 1.165) is 25.7 Å². The van der Waals surface area contributed by atoms with E-state index in [4.69, 9.17) is 0 Å². The number of carboxylic acid groups (broad SMARTS) is 1. The minimum atomic E-state index is -0.931. The molecule has 1 saturated carbocycles. The number of carboxylic acids is 1. The lowest BCUT2D eigenvalue weighted by atomic mass is 9.78. The second-order valence-electron chi connectivity index (χ2n) is 5.12. The van der Waals surface area contributed by atoms with Crippen LogP contribution in [0.5, 0.6) is 0 Å². The Hall–Kier alpha value is -1.35. The van der Waals surface area contributed by atoms with E-state index < -0.39 is 18.0 Å². The molecule has 0 amide bonds. The lowest BCUT2D eigenvalue weighted by Crippen LogP contribution is -2.33. The SMILES string of the molecule is O=C(O)[C@@H](c1ccccc1)[C@@H](O)C1CCCCC1. The number of benzene rings is 1. The molecular weight excluding hydrogens is 228 g/mol. The first-order valence-corrected chi connectivity index (χ1v) is 6.66. The highest BCUT2D eigenvalue weighted by Gasteiger charge is 2.34. The molecule has 18 heavy (non-hydrogen) atoms. The van der Waals surface area contributed by atoms with Gasteiger partial charge in [0.25, 0.3) is 0 Å². The number of carbonyl (C=O) groups is 1. The molecule has 1 aromatic carbocycles. The highest BCUT2D eigenvalue weighted by Crippen LogP contribution is 2.33. The van der Waals surface area contributed by atoms with Crippen molar-refractivity contribution < 1.29 is 15.0 Å². The van der Waals surface area contributed by atoms with Crippen molar-refractivity contribution in [3.8, 4) is 0 Å². The van der Waals surface area contributed by atoms with E-state index in [1.165, 1.54) is 6.42 Å². The van der Waals surface area contributed by atoms with Crippen LogP contribution in [0, 0.1) is 5.92 Å². The Morgan fingerprint density at radius 1 is 1.11 bits per heavy atom. The van der Waals surface area contributed by atoms with Crippen molar-refractivity contribution in [2.24, 2.45) is 5.92 Å². The molecule has 0 spiro atoms. The fourth-order valence-corrected chi connectivity index (χ4v) is 2.89. The first-order chi connectivity index (χ1) is 8.70. The van der Waals surface area contributed by atoms with Crippen LogP contribution < -0.4 is 0 Å². The summed E-state index contributed by atoms with van der Waals surface area (Å²) in [7, 11) is 0. The summed E-state index contributed by atoms with van der Waals surface area (Å²) in [5.41, 5.74) is 0.697. The molecule has 98 valence electrons. The maximum absolute atomic E-state index is 11.4. The molecule has 0 saturated heterocycles. The van der Waals surface area contributed by atoms with Crippen LogP contribution in [0.2, 0.25) is 0 Å². The largest absolute Gasteiger partial charge is 0.481 e. The van der Waals surface area contributed by atoms with E-state index in [2.05, 4.69) is 0 Å². The summed E-state index contributed by atoms with van der Waals surface area (Å²) in [5, 5.41) is 19.7. The van der Waals surface area contributed by atoms with Crippen molar-refractivity contribution in [3.05, 3.63) is 35.9 Å². The zero-order chi connectivity index (χ0) is 13.0. The van der Waals surface area contributed by atoms with Gasteiger partial charge in [-0.3, -0.25) is 4.79 Å². The summed E-state index contributed by atoms with van der Waals surface area (Å²) in [6.07, 6.45) is 4.51. The molecule has 3 nitrogen and oxygen atoms in total. The molecule has 0 radical (unpaired) electrons. The van der Waals surface area contributed by atoms with Crippen LogP contribution in [-0.4, -0.2) is 22.3 Å². The van der Waals surface area contributed by atoms with E-state index in [1.54, 1.807) is 12.1 Å². The molecule has 1 aliphatic rings. The average Bonchev–Trinajstić information content (AvgIpc) is 2.40. The van der Waals surface area contributed by atoms with Crippen LogP contribution >= 0.6 is 0 Å². The fourth-order valence-electron chi connectivity index (χ4n) is 2.89. The van der Waals surface area contributed by atoms with Crippen molar-refractivity contribution in [1.29, 1.82) is 0 Å². The number of aliphatic hydroxyl groups is 1. The van der Waals surface area contributed by atoms with Crippen molar-refractivity contribution in [2.45, 2.75) is 44.1 Å². The number of aliphatic carboxylic acids is 1. The third-order valence-corrected chi connectivity index (χ3v) is 3.90. The van der Waals surface area contributed by atoms with Crippen LogP contribution in [0.3, 0.4) is 0 Å². The van der Waals surface area contributed by atoms with Gasteiger partial charge >= 0.3 is 5.97 Å². The molecule has 3 heteroatoms. The molecule has 2 rings (SSSR count). The summed E-state index contributed by atoms with van der Waals surface area (Å²) in [4.78, 5) is 11.4. The Morgan fingerprint density at radius 2 is 1.72 bits per heavy atom. The van der Waals surface area contributed by atoms with E-state index in [-0.39, 0.29) is 5.92 Å². The van der Waals surface area contributed by atoms with Crippen molar-refractivity contribution >= 4 is 5.97 Å². The number of aliphatic hydroxyl groups excluding tert-OH is 1. The smallest absolute Gasteiger partial charge is 0.313 e. The second-order valence-corrected chi connectivity index (χ2v) is 5.12. The maximum atomic E-state index is 11.4. The highest BCUT2D eigenvalue weighted by atomic mass is 16.4. The first kappa shape index (κ1) is 13.1. The summed E-state index contributed by atoms with van der Waals surface area (Å²) < 4.78 is 0. The van der Waals surface area contributed by atoms with Gasteiger partial charge in [-0.2, -0.15) is 0 Å². The molecular formula is C15H20O3. The number of hydrogen-bond donors (Lipinski definition) is 2. The predicted molar refractivity (Wildman–Crippen MR) is 69.4 cm³/mol. The summed E-state index contributed by atoms with van der Waals surface area (Å²) in [6, 6.07) is 9.06. The van der Waals surface area contributed by atoms with Gasteiger partial charge in [0.1, 0.15) is 5.92 Å². The monoisotopic (exact) mass is 248 g/mol. The van der Waals surface area contributed by atoms with Gasteiger partial charge in [-0.25, -0.2) is 0 Å². The van der Waals surface area contributed by atoms with Gasteiger partial charge in [0.15, 0.2) is 0 Å². The second kappa shape index (κ2) is 6.01. The van der Waals surface area contributed by atoms with Crippen molar-refractivity contribution in [2.75, 3.05) is 0 Å². The first-order valence-electron chi connectivity index (χ1n) is 6.66.